The van der Waals surface area contributed by atoms with Crippen molar-refractivity contribution >= 4 is 34.2 Å². The van der Waals surface area contributed by atoms with Crippen molar-refractivity contribution in [1.82, 2.24) is 0 Å². The molecule has 0 fully saturated rings. The molecule has 2 rings (SSSR count). The molecule has 2 aromatic rings. The van der Waals surface area contributed by atoms with E-state index < -0.39 is 11.9 Å². The predicted octanol–water partition coefficient (Wildman–Crippen LogP) is 1.67. The van der Waals surface area contributed by atoms with Gasteiger partial charge in [0.1, 0.15) is 16.4 Å². The number of esters is 2. The van der Waals surface area contributed by atoms with Crippen molar-refractivity contribution in [2.24, 2.45) is 0 Å². The molecule has 1 heterocycles. The molecule has 8 heteroatoms. The molecule has 1 aromatic carbocycles. The molecule has 0 radical (unpaired) electrons. The van der Waals surface area contributed by atoms with E-state index in [0.29, 0.717) is 17.1 Å². The largest absolute Gasteiger partial charge is 0.465 e. The van der Waals surface area contributed by atoms with Crippen molar-refractivity contribution in [3.63, 3.8) is 0 Å². The monoisotopic (exact) mass is 405 g/mol. The average molecular weight is 405 g/mol. The quantitative estimate of drug-likeness (QED) is 0.653. The Balaban J connectivity index is 2.17. The van der Waals surface area contributed by atoms with E-state index in [1.165, 1.54) is 14.2 Å². The van der Waals surface area contributed by atoms with Crippen LogP contribution in [0.5, 0.6) is 0 Å². The first-order valence-corrected chi connectivity index (χ1v) is 9.70. The molecule has 0 saturated carbocycles. The third-order valence-electron chi connectivity index (χ3n) is 4.37. The fourth-order valence-electron chi connectivity index (χ4n) is 2.83. The van der Waals surface area contributed by atoms with E-state index in [1.807, 2.05) is 37.3 Å². The maximum absolute atomic E-state index is 12.6. The number of carbonyl (C=O) groups excluding carboxylic acids is 3. The van der Waals surface area contributed by atoms with Crippen LogP contribution in [-0.4, -0.2) is 45.2 Å². The zero-order valence-electron chi connectivity index (χ0n) is 16.5. The van der Waals surface area contributed by atoms with Gasteiger partial charge in [0.25, 0.3) is 5.91 Å². The highest BCUT2D eigenvalue weighted by Gasteiger charge is 2.27. The highest BCUT2D eigenvalue weighted by molar-refractivity contribution is 7.18. The van der Waals surface area contributed by atoms with Crippen LogP contribution in [0.4, 0.5) is 5.00 Å². The van der Waals surface area contributed by atoms with Crippen LogP contribution in [0.15, 0.2) is 30.3 Å². The number of benzene rings is 1. The van der Waals surface area contributed by atoms with Crippen molar-refractivity contribution in [2.75, 3.05) is 32.6 Å². The summed E-state index contributed by atoms with van der Waals surface area (Å²) in [5, 5.41) is 3.06. The number of methoxy groups -OCH3 is 2. The fraction of sp³-hybridized carbons (Fsp3) is 0.350. The molecular formula is C20H25N2O5S+. The third-order valence-corrected chi connectivity index (χ3v) is 5.55. The zero-order chi connectivity index (χ0) is 20.7. The number of nitrogens with one attached hydrogen (secondary N) is 2. The summed E-state index contributed by atoms with van der Waals surface area (Å²) in [5.41, 5.74) is 1.76. The maximum Gasteiger partial charge on any atom is 0.348 e. The molecule has 0 aliphatic carbocycles. The van der Waals surface area contributed by atoms with Crippen LogP contribution in [0.2, 0.25) is 0 Å². The first kappa shape index (κ1) is 21.6. The molecule has 0 bridgehead atoms. The number of rotatable bonds is 8. The number of amides is 1. The van der Waals surface area contributed by atoms with Crippen LogP contribution in [0, 0.1) is 6.92 Å². The number of carbonyl (C=O) groups is 3. The lowest BCUT2D eigenvalue weighted by molar-refractivity contribution is -0.903. The highest BCUT2D eigenvalue weighted by Crippen LogP contribution is 2.34. The molecule has 28 heavy (non-hydrogen) atoms. The second kappa shape index (κ2) is 10.0. The zero-order valence-corrected chi connectivity index (χ0v) is 17.3. The van der Waals surface area contributed by atoms with Gasteiger partial charge in [0.15, 0.2) is 6.54 Å². The molecule has 1 atom stereocenters. The smallest absolute Gasteiger partial charge is 0.348 e. The summed E-state index contributed by atoms with van der Waals surface area (Å²) in [6, 6.07) is 9.93. The molecule has 1 amide bonds. The van der Waals surface area contributed by atoms with E-state index in [0.717, 1.165) is 28.3 Å². The van der Waals surface area contributed by atoms with Gasteiger partial charge in [-0.2, -0.15) is 0 Å². The van der Waals surface area contributed by atoms with Gasteiger partial charge in [-0.05, 0) is 19.4 Å². The van der Waals surface area contributed by atoms with Crippen molar-refractivity contribution in [2.45, 2.75) is 20.4 Å². The van der Waals surface area contributed by atoms with Crippen LogP contribution in [0.25, 0.3) is 0 Å². The second-order valence-corrected chi connectivity index (χ2v) is 7.25. The summed E-state index contributed by atoms with van der Waals surface area (Å²) in [7, 11) is 2.52. The van der Waals surface area contributed by atoms with E-state index >= 15 is 0 Å². The van der Waals surface area contributed by atoms with Gasteiger partial charge in [-0.15, -0.1) is 11.3 Å². The number of likely N-dealkylation sites (N-methyl/N-ethyl adjacent to an activating group) is 1. The SMILES string of the molecule is CC[NH+](CC(=O)Nc1sc(C(=O)OC)c(C)c1C(=O)OC)Cc1ccccc1. The topological polar surface area (TPSA) is 86.1 Å². The molecule has 0 aliphatic rings. The summed E-state index contributed by atoms with van der Waals surface area (Å²) in [6.07, 6.45) is 0. The minimum Gasteiger partial charge on any atom is -0.465 e. The van der Waals surface area contributed by atoms with Gasteiger partial charge in [-0.1, -0.05) is 30.3 Å². The van der Waals surface area contributed by atoms with Crippen LogP contribution in [0.1, 0.15) is 38.1 Å². The lowest BCUT2D eigenvalue weighted by Gasteiger charge is -2.17. The molecule has 1 aromatic heterocycles. The van der Waals surface area contributed by atoms with Crippen molar-refractivity contribution in [1.29, 1.82) is 0 Å². The van der Waals surface area contributed by atoms with E-state index in [4.69, 9.17) is 9.47 Å². The van der Waals surface area contributed by atoms with E-state index in [-0.39, 0.29) is 22.9 Å². The summed E-state index contributed by atoms with van der Waals surface area (Å²) in [6.45, 7) is 5.35. The molecule has 150 valence electrons. The standard InChI is InChI=1S/C20H24N2O5S/c1-5-22(11-14-9-7-6-8-10-14)12-15(23)21-18-16(19(24)26-3)13(2)17(28-18)20(25)27-4/h6-10H,5,11-12H2,1-4H3,(H,21,23)/p+1. The number of hydrogen-bond acceptors (Lipinski definition) is 6. The van der Waals surface area contributed by atoms with Crippen LogP contribution in [0.3, 0.4) is 0 Å². The molecule has 7 nitrogen and oxygen atoms in total. The van der Waals surface area contributed by atoms with E-state index in [1.54, 1.807) is 6.92 Å². The van der Waals surface area contributed by atoms with Gasteiger partial charge < -0.3 is 19.7 Å². The third kappa shape index (κ3) is 5.17. The Morgan fingerprint density at radius 2 is 1.71 bits per heavy atom. The molecule has 0 aliphatic heterocycles. The number of ether oxygens (including phenoxy) is 2. The first-order chi connectivity index (χ1) is 13.4. The van der Waals surface area contributed by atoms with Gasteiger partial charge in [0, 0.05) is 5.56 Å². The number of hydrogen-bond donors (Lipinski definition) is 2. The van der Waals surface area contributed by atoms with Crippen molar-refractivity contribution < 1.29 is 28.8 Å². The van der Waals surface area contributed by atoms with E-state index in [2.05, 4.69) is 5.32 Å². The number of thiophene rings is 1. The minimum atomic E-state index is -0.608. The van der Waals surface area contributed by atoms with Crippen molar-refractivity contribution in [3.05, 3.63) is 51.9 Å². The molecule has 0 saturated heterocycles. The molecular weight excluding hydrogens is 380 g/mol. The summed E-state index contributed by atoms with van der Waals surface area (Å²) < 4.78 is 9.56. The summed E-state index contributed by atoms with van der Waals surface area (Å²) in [5.74, 6) is -1.41. The van der Waals surface area contributed by atoms with Crippen LogP contribution < -0.4 is 10.2 Å². The van der Waals surface area contributed by atoms with Crippen LogP contribution >= 0.6 is 11.3 Å². The lowest BCUT2D eigenvalue weighted by Crippen LogP contribution is -3.11. The Morgan fingerprint density at radius 3 is 2.29 bits per heavy atom. The normalized spacial score (nSPS) is 11.6. The van der Waals surface area contributed by atoms with Gasteiger partial charge in [-0.25, -0.2) is 9.59 Å². The van der Waals surface area contributed by atoms with Gasteiger partial charge in [-0.3, -0.25) is 4.79 Å². The Bertz CT molecular complexity index is 848. The molecule has 1 unspecified atom stereocenters. The Labute approximate surface area is 168 Å². The van der Waals surface area contributed by atoms with Gasteiger partial charge >= 0.3 is 11.9 Å². The van der Waals surface area contributed by atoms with E-state index in [9.17, 15) is 14.4 Å². The molecule has 0 spiro atoms. The number of anilines is 1. The average Bonchev–Trinajstić information content (AvgIpc) is 3.02. The lowest BCUT2D eigenvalue weighted by atomic mass is 10.1. The first-order valence-electron chi connectivity index (χ1n) is 8.88. The van der Waals surface area contributed by atoms with Crippen molar-refractivity contribution in [3.8, 4) is 0 Å². The fourth-order valence-corrected chi connectivity index (χ4v) is 3.96. The maximum atomic E-state index is 12.6. The Morgan fingerprint density at radius 1 is 1.07 bits per heavy atom. The number of quaternary nitrogens is 1. The highest BCUT2D eigenvalue weighted by atomic mass is 32.1. The Hall–Kier alpha value is -2.71. The van der Waals surface area contributed by atoms with Gasteiger partial charge in [0.2, 0.25) is 0 Å². The second-order valence-electron chi connectivity index (χ2n) is 6.23. The summed E-state index contributed by atoms with van der Waals surface area (Å²) in [4.78, 5) is 38.0. The van der Waals surface area contributed by atoms with Gasteiger partial charge in [0.05, 0.1) is 26.3 Å². The summed E-state index contributed by atoms with van der Waals surface area (Å²) >= 11 is 1.01. The molecule has 2 N–H and O–H groups in total. The van der Waals surface area contributed by atoms with Crippen LogP contribution in [-0.2, 0) is 20.8 Å². The predicted molar refractivity (Wildman–Crippen MR) is 107 cm³/mol. The minimum absolute atomic E-state index is 0.183. The Kier molecular flexibility index (Phi) is 7.71.